The van der Waals surface area contributed by atoms with Crippen LogP contribution in [0.3, 0.4) is 0 Å². The average molecular weight is 588 g/mol. The molecule has 2 aliphatic heterocycles. The monoisotopic (exact) mass is 587 g/mol. The topological polar surface area (TPSA) is 227 Å². The molecule has 13 nitrogen and oxygen atoms in total. The van der Waals surface area contributed by atoms with E-state index in [4.69, 9.17) is 25.7 Å². The van der Waals surface area contributed by atoms with E-state index in [-0.39, 0.29) is 31.1 Å². The fourth-order valence-electron chi connectivity index (χ4n) is 5.32. The summed E-state index contributed by atoms with van der Waals surface area (Å²) in [6.45, 7) is 9.03. The van der Waals surface area contributed by atoms with Gasteiger partial charge >= 0.3 is 0 Å². The molecule has 2 saturated heterocycles. The Balaban J connectivity index is 1.90. The highest BCUT2D eigenvalue weighted by atomic mass is 16.7. The number of nitrogens with one attached hydrogen (secondary N) is 1. The summed E-state index contributed by atoms with van der Waals surface area (Å²) >= 11 is 0. The quantitative estimate of drug-likeness (QED) is 0.126. The van der Waals surface area contributed by atoms with Crippen LogP contribution >= 0.6 is 0 Å². The number of hydrogen-bond acceptors (Lipinski definition) is 11. The minimum Gasteiger partial charge on any atom is -0.393 e. The number of nitrogens with two attached hydrogens (primary N) is 2. The Bertz CT molecular complexity index is 944. The Kier molecular flexibility index (Phi) is 11.0. The summed E-state index contributed by atoms with van der Waals surface area (Å²) in [4.78, 5) is 25.4. The molecule has 2 heterocycles. The van der Waals surface area contributed by atoms with Crippen LogP contribution in [0, 0.1) is 17.8 Å². The number of hydrogen-bond donors (Lipinski definition) is 8. The van der Waals surface area contributed by atoms with Crippen molar-refractivity contribution in [3.63, 3.8) is 0 Å². The Morgan fingerprint density at radius 3 is 2.29 bits per heavy atom. The van der Waals surface area contributed by atoms with Crippen molar-refractivity contribution < 1.29 is 49.3 Å². The van der Waals surface area contributed by atoms with Crippen LogP contribution in [0.4, 0.5) is 0 Å². The lowest BCUT2D eigenvalue weighted by Gasteiger charge is -2.46. The summed E-state index contributed by atoms with van der Waals surface area (Å²) in [5, 5.41) is 56.5. The number of rotatable bonds is 12. The summed E-state index contributed by atoms with van der Waals surface area (Å²) in [7, 11) is 0. The minimum absolute atomic E-state index is 0.0826. The largest absolute Gasteiger partial charge is 0.393 e. The van der Waals surface area contributed by atoms with Gasteiger partial charge in [-0.15, -0.1) is 0 Å². The molecule has 3 rings (SSSR count). The Labute approximate surface area is 241 Å². The molecule has 41 heavy (non-hydrogen) atoms. The third kappa shape index (κ3) is 8.24. The van der Waals surface area contributed by atoms with Crippen molar-refractivity contribution in [1.82, 2.24) is 5.32 Å². The first kappa shape index (κ1) is 33.8. The van der Waals surface area contributed by atoms with Crippen LogP contribution in [-0.4, -0.2) is 104 Å². The molecular formula is C28H49N3O10. The van der Waals surface area contributed by atoms with Crippen molar-refractivity contribution >= 4 is 11.8 Å². The highest BCUT2D eigenvalue weighted by Gasteiger charge is 2.55. The number of aliphatic hydroxyl groups excluding tert-OH is 4. The summed E-state index contributed by atoms with van der Waals surface area (Å²) in [5.74, 6) is -4.63. The lowest BCUT2D eigenvalue weighted by Crippen LogP contribution is -2.62. The van der Waals surface area contributed by atoms with Gasteiger partial charge in [-0.05, 0) is 31.6 Å². The second-order valence-corrected chi connectivity index (χ2v) is 12.7. The summed E-state index contributed by atoms with van der Waals surface area (Å²) < 4.78 is 17.9. The zero-order chi connectivity index (χ0) is 30.9. The number of amides is 2. The maximum Gasteiger partial charge on any atom is 0.243 e. The van der Waals surface area contributed by atoms with Gasteiger partial charge in [-0.3, -0.25) is 9.59 Å². The molecule has 0 bridgehead atoms. The second kappa shape index (κ2) is 13.3. The van der Waals surface area contributed by atoms with E-state index in [1.807, 2.05) is 19.9 Å². The molecular weight excluding hydrogens is 538 g/mol. The smallest absolute Gasteiger partial charge is 0.243 e. The molecule has 3 aliphatic rings. The molecule has 10 N–H and O–H groups in total. The molecule has 3 fully saturated rings. The van der Waals surface area contributed by atoms with Gasteiger partial charge in [-0.2, -0.15) is 0 Å². The van der Waals surface area contributed by atoms with Crippen molar-refractivity contribution in [2.75, 3.05) is 0 Å². The average Bonchev–Trinajstić information content (AvgIpc) is 3.64. The molecule has 0 aromatic heterocycles. The van der Waals surface area contributed by atoms with Crippen LogP contribution in [0.25, 0.3) is 0 Å². The van der Waals surface area contributed by atoms with Gasteiger partial charge in [0.25, 0.3) is 0 Å². The lowest BCUT2D eigenvalue weighted by molar-refractivity contribution is -0.307. The van der Waals surface area contributed by atoms with E-state index in [1.165, 1.54) is 0 Å². The van der Waals surface area contributed by atoms with Gasteiger partial charge in [0.05, 0.1) is 48.6 Å². The fourth-order valence-corrected chi connectivity index (χ4v) is 5.32. The number of primary amides is 1. The predicted octanol–water partition coefficient (Wildman–Crippen LogP) is -1.24. The van der Waals surface area contributed by atoms with Gasteiger partial charge in [0.15, 0.2) is 12.1 Å². The number of ether oxygens (including phenoxy) is 3. The Hall–Kier alpha value is -1.68. The standard InChI is InChI=1S/C28H49N3O10/c1-13(2)6-7-16(40-25-23(35)21(29)22(34)15(5)39-25)10-19-20(24(36)31-27(8-9-27)26(30)37)18(33)12-28(38,41-19)11-17(32)14(3)4/h6-7,13-23,25,32-35,38H,8-12,29H2,1-5H3,(H2,30,37)(H,31,36)/b7-6+/t15?,16-,17+,18-,19-,20+,21?,22?,23?,25?,28+/m0/s1. The van der Waals surface area contributed by atoms with Gasteiger partial charge in [0, 0.05) is 19.3 Å². The molecule has 0 aromatic rings. The maximum atomic E-state index is 13.5. The van der Waals surface area contributed by atoms with Crippen LogP contribution < -0.4 is 16.8 Å². The van der Waals surface area contributed by atoms with Crippen molar-refractivity contribution in [2.24, 2.45) is 29.2 Å². The van der Waals surface area contributed by atoms with Gasteiger partial charge in [0.2, 0.25) is 11.8 Å². The number of aliphatic hydroxyl groups is 5. The van der Waals surface area contributed by atoms with E-state index in [0.717, 1.165) is 0 Å². The summed E-state index contributed by atoms with van der Waals surface area (Å²) in [6, 6.07) is -1.03. The molecule has 5 unspecified atom stereocenters. The van der Waals surface area contributed by atoms with Crippen molar-refractivity contribution in [2.45, 2.75) is 133 Å². The van der Waals surface area contributed by atoms with Crippen LogP contribution in [0.15, 0.2) is 12.2 Å². The number of carbonyl (C=O) groups is 2. The van der Waals surface area contributed by atoms with E-state index >= 15 is 0 Å². The maximum absolute atomic E-state index is 13.5. The zero-order valence-electron chi connectivity index (χ0n) is 24.6. The van der Waals surface area contributed by atoms with E-state index in [0.29, 0.717) is 12.8 Å². The van der Waals surface area contributed by atoms with Crippen molar-refractivity contribution in [3.05, 3.63) is 12.2 Å². The van der Waals surface area contributed by atoms with Crippen LogP contribution in [0.1, 0.15) is 66.7 Å². The molecule has 0 aromatic carbocycles. The first-order valence-electron chi connectivity index (χ1n) is 14.5. The normalized spacial score (nSPS) is 38.7. The third-order valence-electron chi connectivity index (χ3n) is 8.28. The fraction of sp³-hybridized carbons (Fsp3) is 0.857. The zero-order valence-corrected chi connectivity index (χ0v) is 24.6. The lowest BCUT2D eigenvalue weighted by atomic mass is 9.81. The Morgan fingerprint density at radius 1 is 1.12 bits per heavy atom. The van der Waals surface area contributed by atoms with Gasteiger partial charge in [-0.1, -0.05) is 39.8 Å². The van der Waals surface area contributed by atoms with Crippen LogP contribution in [-0.2, 0) is 23.8 Å². The van der Waals surface area contributed by atoms with E-state index in [1.54, 1.807) is 26.8 Å². The SMILES string of the molecule is CC(C)/C=C/[C@@H](C[C@@H]1O[C@](O)(C[C@@H](O)C(C)C)C[C@H](O)[C@H]1C(=O)NC1(C(N)=O)CC1)OC1OC(C)C(O)C(N)C1O. The molecule has 0 spiro atoms. The Morgan fingerprint density at radius 2 is 1.76 bits per heavy atom. The first-order valence-corrected chi connectivity index (χ1v) is 14.5. The molecule has 1 aliphatic carbocycles. The molecule has 11 atom stereocenters. The first-order chi connectivity index (χ1) is 19.0. The minimum atomic E-state index is -1.96. The van der Waals surface area contributed by atoms with Crippen molar-refractivity contribution in [3.8, 4) is 0 Å². The van der Waals surface area contributed by atoms with E-state index in [9.17, 15) is 35.1 Å². The molecule has 1 saturated carbocycles. The molecule has 236 valence electrons. The van der Waals surface area contributed by atoms with E-state index < -0.39 is 84.1 Å². The second-order valence-electron chi connectivity index (χ2n) is 12.7. The van der Waals surface area contributed by atoms with Gasteiger partial charge in [-0.25, -0.2) is 0 Å². The molecule has 0 radical (unpaired) electrons. The van der Waals surface area contributed by atoms with Crippen LogP contribution in [0.5, 0.6) is 0 Å². The number of allylic oxidation sites excluding steroid dienone is 1. The van der Waals surface area contributed by atoms with Gasteiger partial charge < -0.3 is 56.5 Å². The van der Waals surface area contributed by atoms with E-state index in [2.05, 4.69) is 5.32 Å². The summed E-state index contributed by atoms with van der Waals surface area (Å²) in [6.07, 6.45) is -5.13. The predicted molar refractivity (Wildman–Crippen MR) is 146 cm³/mol. The van der Waals surface area contributed by atoms with Gasteiger partial charge in [0.1, 0.15) is 11.6 Å². The van der Waals surface area contributed by atoms with Crippen LogP contribution in [0.2, 0.25) is 0 Å². The third-order valence-corrected chi connectivity index (χ3v) is 8.28. The highest BCUT2D eigenvalue weighted by Crippen LogP contribution is 2.40. The molecule has 13 heteroatoms. The summed E-state index contributed by atoms with van der Waals surface area (Å²) in [5.41, 5.74) is 10.3. The highest BCUT2D eigenvalue weighted by molar-refractivity contribution is 5.94. The van der Waals surface area contributed by atoms with Crippen molar-refractivity contribution in [1.29, 1.82) is 0 Å². The molecule has 2 amide bonds. The number of carbonyl (C=O) groups excluding carboxylic acids is 2.